The molecule has 0 aromatic heterocycles. The second-order valence-corrected chi connectivity index (χ2v) is 9.81. The average Bonchev–Trinajstić information content (AvgIpc) is 2.80. The molecule has 0 radical (unpaired) electrons. The standard InChI is InChI=1S/C21H32N4O4S.HI/c1-22-21(24-12-10-18(11-13-24)20(26)29-2)23-16-17-8-14-25(15-9-17)30(27,28)19-6-4-3-5-7-19;/h3-7,17-18H,8-16H2,1-2H3,(H,22,23);1H. The number of methoxy groups -OCH3 is 1. The normalized spacial score (nSPS) is 19.5. The number of rotatable bonds is 5. The highest BCUT2D eigenvalue weighted by molar-refractivity contribution is 14.0. The zero-order valence-corrected chi connectivity index (χ0v) is 21.3. The minimum absolute atomic E-state index is 0. The molecule has 0 bridgehead atoms. The molecule has 0 atom stereocenters. The molecule has 10 heteroatoms. The van der Waals surface area contributed by atoms with E-state index in [1.807, 2.05) is 6.07 Å². The Bertz CT molecular complexity index is 834. The van der Waals surface area contributed by atoms with Crippen LogP contribution in [0.2, 0.25) is 0 Å². The molecule has 1 aromatic carbocycles. The number of sulfonamides is 1. The van der Waals surface area contributed by atoms with Crippen LogP contribution in [-0.2, 0) is 19.6 Å². The molecule has 1 aromatic rings. The first kappa shape index (κ1) is 25.9. The van der Waals surface area contributed by atoms with Crippen LogP contribution in [0.4, 0.5) is 0 Å². The molecule has 8 nitrogen and oxygen atoms in total. The first-order valence-corrected chi connectivity index (χ1v) is 12.0. The molecule has 2 saturated heterocycles. The van der Waals surface area contributed by atoms with Crippen molar-refractivity contribution < 1.29 is 17.9 Å². The molecule has 2 fully saturated rings. The van der Waals surface area contributed by atoms with Gasteiger partial charge in [0, 0.05) is 39.8 Å². The molecule has 1 N–H and O–H groups in total. The number of aliphatic imine (C=N–C) groups is 1. The van der Waals surface area contributed by atoms with E-state index in [1.54, 1.807) is 35.6 Å². The molecular weight excluding hydrogens is 531 g/mol. The summed E-state index contributed by atoms with van der Waals surface area (Å²) in [4.78, 5) is 18.6. The van der Waals surface area contributed by atoms with Crippen LogP contribution in [0.3, 0.4) is 0 Å². The number of carbonyl (C=O) groups is 1. The molecule has 2 heterocycles. The van der Waals surface area contributed by atoms with E-state index in [0.29, 0.717) is 23.9 Å². The Kier molecular flexibility index (Phi) is 10.0. The summed E-state index contributed by atoms with van der Waals surface area (Å²) in [6.45, 7) is 3.38. The zero-order valence-electron chi connectivity index (χ0n) is 18.2. The lowest BCUT2D eigenvalue weighted by atomic mass is 9.97. The molecule has 0 saturated carbocycles. The predicted octanol–water partition coefficient (Wildman–Crippen LogP) is 2.17. The van der Waals surface area contributed by atoms with Crippen molar-refractivity contribution in [1.82, 2.24) is 14.5 Å². The van der Waals surface area contributed by atoms with Gasteiger partial charge in [0.05, 0.1) is 17.9 Å². The number of hydrogen-bond donors (Lipinski definition) is 1. The number of ether oxygens (including phenoxy) is 1. The van der Waals surface area contributed by atoms with Crippen LogP contribution >= 0.6 is 24.0 Å². The van der Waals surface area contributed by atoms with E-state index in [9.17, 15) is 13.2 Å². The van der Waals surface area contributed by atoms with Crippen LogP contribution in [0.5, 0.6) is 0 Å². The van der Waals surface area contributed by atoms with E-state index in [1.165, 1.54) is 7.11 Å². The first-order chi connectivity index (χ1) is 14.5. The lowest BCUT2D eigenvalue weighted by molar-refractivity contribution is -0.146. The minimum Gasteiger partial charge on any atom is -0.469 e. The Morgan fingerprint density at radius 2 is 1.71 bits per heavy atom. The van der Waals surface area contributed by atoms with Gasteiger partial charge in [0.15, 0.2) is 5.96 Å². The summed E-state index contributed by atoms with van der Waals surface area (Å²) in [5.41, 5.74) is 0. The largest absolute Gasteiger partial charge is 0.469 e. The number of nitrogens with one attached hydrogen (secondary N) is 1. The summed E-state index contributed by atoms with van der Waals surface area (Å²) >= 11 is 0. The van der Waals surface area contributed by atoms with Crippen molar-refractivity contribution in [3.05, 3.63) is 30.3 Å². The fourth-order valence-electron chi connectivity index (χ4n) is 4.16. The Labute approximate surface area is 202 Å². The number of likely N-dealkylation sites (tertiary alicyclic amines) is 1. The Morgan fingerprint density at radius 3 is 2.26 bits per heavy atom. The third-order valence-electron chi connectivity index (χ3n) is 6.04. The second kappa shape index (κ2) is 12.0. The Hall–Kier alpha value is -1.40. The lowest BCUT2D eigenvalue weighted by Crippen LogP contribution is -2.48. The summed E-state index contributed by atoms with van der Waals surface area (Å²) in [6.07, 6.45) is 3.17. The van der Waals surface area contributed by atoms with Crippen molar-refractivity contribution in [1.29, 1.82) is 0 Å². The number of carbonyl (C=O) groups excluding carboxylic acids is 1. The van der Waals surface area contributed by atoms with Gasteiger partial charge in [0.1, 0.15) is 0 Å². The average molecular weight is 564 g/mol. The molecule has 174 valence electrons. The maximum Gasteiger partial charge on any atom is 0.308 e. The van der Waals surface area contributed by atoms with Crippen molar-refractivity contribution in [2.24, 2.45) is 16.8 Å². The molecule has 2 aliphatic rings. The third kappa shape index (κ3) is 6.55. The van der Waals surface area contributed by atoms with Gasteiger partial charge < -0.3 is 15.0 Å². The Balaban J connectivity index is 0.00000341. The van der Waals surface area contributed by atoms with Crippen molar-refractivity contribution in [2.75, 3.05) is 46.9 Å². The van der Waals surface area contributed by atoms with Crippen LogP contribution in [0.15, 0.2) is 40.2 Å². The number of benzene rings is 1. The van der Waals surface area contributed by atoms with Crippen LogP contribution in [0.25, 0.3) is 0 Å². The molecule has 0 spiro atoms. The van der Waals surface area contributed by atoms with E-state index in [2.05, 4.69) is 15.2 Å². The van der Waals surface area contributed by atoms with Crippen molar-refractivity contribution >= 4 is 45.9 Å². The molecule has 2 aliphatic heterocycles. The quantitative estimate of drug-likeness (QED) is 0.255. The highest BCUT2D eigenvalue weighted by Gasteiger charge is 2.30. The topological polar surface area (TPSA) is 91.3 Å². The van der Waals surface area contributed by atoms with Gasteiger partial charge in [0.2, 0.25) is 10.0 Å². The number of piperidine rings is 2. The molecule has 0 amide bonds. The van der Waals surface area contributed by atoms with Crippen LogP contribution in [0, 0.1) is 11.8 Å². The summed E-state index contributed by atoms with van der Waals surface area (Å²) in [6, 6.07) is 8.63. The number of nitrogens with zero attached hydrogens (tertiary/aromatic N) is 3. The first-order valence-electron chi connectivity index (χ1n) is 10.5. The van der Waals surface area contributed by atoms with Gasteiger partial charge in [-0.25, -0.2) is 8.42 Å². The maximum atomic E-state index is 12.8. The zero-order chi connectivity index (χ0) is 21.6. The number of halogens is 1. The van der Waals surface area contributed by atoms with Crippen molar-refractivity contribution in [2.45, 2.75) is 30.6 Å². The van der Waals surface area contributed by atoms with Crippen LogP contribution in [0.1, 0.15) is 25.7 Å². The predicted molar refractivity (Wildman–Crippen MR) is 131 cm³/mol. The van der Waals surface area contributed by atoms with E-state index in [4.69, 9.17) is 4.74 Å². The van der Waals surface area contributed by atoms with E-state index >= 15 is 0 Å². The van der Waals surface area contributed by atoms with Crippen molar-refractivity contribution in [3.63, 3.8) is 0 Å². The number of hydrogen-bond acceptors (Lipinski definition) is 5. The fourth-order valence-corrected chi connectivity index (χ4v) is 5.65. The highest BCUT2D eigenvalue weighted by atomic mass is 127. The fraction of sp³-hybridized carbons (Fsp3) is 0.619. The van der Waals surface area contributed by atoms with Gasteiger partial charge in [-0.3, -0.25) is 9.79 Å². The molecule has 31 heavy (non-hydrogen) atoms. The monoisotopic (exact) mass is 564 g/mol. The summed E-state index contributed by atoms with van der Waals surface area (Å²) < 4.78 is 32.0. The van der Waals surface area contributed by atoms with Gasteiger partial charge in [-0.05, 0) is 43.7 Å². The summed E-state index contributed by atoms with van der Waals surface area (Å²) in [5.74, 6) is 1.09. The molecule has 0 aliphatic carbocycles. The number of esters is 1. The lowest BCUT2D eigenvalue weighted by Gasteiger charge is -2.35. The van der Waals surface area contributed by atoms with E-state index < -0.39 is 10.0 Å². The van der Waals surface area contributed by atoms with Gasteiger partial charge in [-0.15, -0.1) is 24.0 Å². The molecular formula is C21H33IN4O4S. The SMILES string of the molecule is CN=C(NCC1CCN(S(=O)(=O)c2ccccc2)CC1)N1CCC(C(=O)OC)CC1.I. The summed E-state index contributed by atoms with van der Waals surface area (Å²) in [7, 11) is -0.206. The molecule has 0 unspecified atom stereocenters. The molecule has 3 rings (SSSR count). The van der Waals surface area contributed by atoms with Crippen LogP contribution < -0.4 is 5.32 Å². The number of guanidine groups is 1. The van der Waals surface area contributed by atoms with Gasteiger partial charge >= 0.3 is 5.97 Å². The van der Waals surface area contributed by atoms with E-state index in [-0.39, 0.29) is 35.9 Å². The van der Waals surface area contributed by atoms with Gasteiger partial charge in [0.25, 0.3) is 0 Å². The smallest absolute Gasteiger partial charge is 0.308 e. The minimum atomic E-state index is -3.41. The summed E-state index contributed by atoms with van der Waals surface area (Å²) in [5, 5.41) is 3.44. The van der Waals surface area contributed by atoms with Gasteiger partial charge in [-0.2, -0.15) is 4.31 Å². The third-order valence-corrected chi connectivity index (χ3v) is 7.96. The van der Waals surface area contributed by atoms with E-state index in [0.717, 1.165) is 51.3 Å². The van der Waals surface area contributed by atoms with Crippen LogP contribution in [-0.4, -0.2) is 76.4 Å². The second-order valence-electron chi connectivity index (χ2n) is 7.87. The van der Waals surface area contributed by atoms with Gasteiger partial charge in [-0.1, -0.05) is 18.2 Å². The highest BCUT2D eigenvalue weighted by Crippen LogP contribution is 2.24. The Morgan fingerprint density at radius 1 is 1.10 bits per heavy atom. The van der Waals surface area contributed by atoms with Crippen molar-refractivity contribution in [3.8, 4) is 0 Å². The maximum absolute atomic E-state index is 12.8.